The Bertz CT molecular complexity index is 412. The summed E-state index contributed by atoms with van der Waals surface area (Å²) in [6, 6.07) is 0. The first-order chi connectivity index (χ1) is 9.19. The third kappa shape index (κ3) is 1.88. The van der Waals surface area contributed by atoms with Gasteiger partial charge in [0, 0.05) is 0 Å². The molecule has 0 saturated heterocycles. The number of esters is 1. The van der Waals surface area contributed by atoms with Gasteiger partial charge in [0.15, 0.2) is 5.41 Å². The zero-order valence-electron chi connectivity index (χ0n) is 11.9. The number of ether oxygens (including phenoxy) is 1. The lowest BCUT2D eigenvalue weighted by Crippen LogP contribution is -2.48. The zero-order chi connectivity index (χ0) is 14.8. The molecular formula is C15H21F3O2. The Labute approximate surface area is 117 Å². The predicted octanol–water partition coefficient (Wildman–Crippen LogP) is 4.09. The Morgan fingerprint density at radius 2 is 1.75 bits per heavy atom. The highest BCUT2D eigenvalue weighted by molar-refractivity contribution is 5.78. The van der Waals surface area contributed by atoms with E-state index in [0.717, 1.165) is 26.2 Å². The molecule has 114 valence electrons. The molecule has 0 amide bonds. The van der Waals surface area contributed by atoms with Crippen molar-refractivity contribution < 1.29 is 22.7 Å². The zero-order valence-corrected chi connectivity index (χ0v) is 11.9. The quantitative estimate of drug-likeness (QED) is 0.732. The molecule has 20 heavy (non-hydrogen) atoms. The number of hydrogen-bond acceptors (Lipinski definition) is 2. The van der Waals surface area contributed by atoms with Crippen molar-refractivity contribution in [1.29, 1.82) is 0 Å². The van der Waals surface area contributed by atoms with Crippen LogP contribution in [0.4, 0.5) is 13.2 Å². The molecule has 0 N–H and O–H groups in total. The number of carbonyl (C=O) groups excluding carboxylic acids is 1. The number of alkyl halides is 3. The molecule has 0 aromatic heterocycles. The molecule has 4 rings (SSSR count). The first-order valence-electron chi connectivity index (χ1n) is 7.49. The molecule has 0 spiro atoms. The smallest absolute Gasteiger partial charge is 0.404 e. The summed E-state index contributed by atoms with van der Waals surface area (Å²) in [5.74, 6) is 0.620. The lowest BCUT2D eigenvalue weighted by molar-refractivity contribution is -0.240. The van der Waals surface area contributed by atoms with Crippen LogP contribution >= 0.6 is 0 Å². The highest BCUT2D eigenvalue weighted by Gasteiger charge is 2.62. The Balaban J connectivity index is 1.77. The molecule has 4 aliphatic carbocycles. The molecule has 0 aromatic carbocycles. The SMILES string of the molecule is CCC(C)(C(=O)OC12CC3CC(C1)C(C3)C2)C(F)(F)F. The second-order valence-corrected chi connectivity index (χ2v) is 7.23. The summed E-state index contributed by atoms with van der Waals surface area (Å²) in [5, 5.41) is 0. The molecule has 4 fully saturated rings. The van der Waals surface area contributed by atoms with Gasteiger partial charge in [-0.05, 0) is 63.2 Å². The maximum absolute atomic E-state index is 13.1. The molecule has 3 atom stereocenters. The van der Waals surface area contributed by atoms with Gasteiger partial charge in [-0.3, -0.25) is 4.79 Å². The lowest BCUT2D eigenvalue weighted by atomic mass is 9.77. The highest BCUT2D eigenvalue weighted by Crippen LogP contribution is 2.62. The van der Waals surface area contributed by atoms with E-state index in [1.807, 2.05) is 0 Å². The van der Waals surface area contributed by atoms with E-state index in [-0.39, 0.29) is 6.42 Å². The highest BCUT2D eigenvalue weighted by atomic mass is 19.4. The number of halogens is 3. The van der Waals surface area contributed by atoms with Crippen molar-refractivity contribution in [2.75, 3.05) is 0 Å². The Morgan fingerprint density at radius 1 is 1.20 bits per heavy atom. The summed E-state index contributed by atoms with van der Waals surface area (Å²) in [6.07, 6.45) is -0.159. The largest absolute Gasteiger partial charge is 0.458 e. The van der Waals surface area contributed by atoms with Gasteiger partial charge in [-0.1, -0.05) is 6.92 Å². The van der Waals surface area contributed by atoms with Crippen LogP contribution in [0.25, 0.3) is 0 Å². The van der Waals surface area contributed by atoms with E-state index in [2.05, 4.69) is 0 Å². The first kappa shape index (κ1) is 14.2. The minimum absolute atomic E-state index is 0.276. The van der Waals surface area contributed by atoms with Crippen LogP contribution in [0.5, 0.6) is 0 Å². The molecule has 2 nitrogen and oxygen atoms in total. The molecule has 3 unspecified atom stereocenters. The summed E-state index contributed by atoms with van der Waals surface area (Å²) in [7, 11) is 0. The minimum atomic E-state index is -4.55. The van der Waals surface area contributed by atoms with Crippen LogP contribution in [0.15, 0.2) is 0 Å². The topological polar surface area (TPSA) is 26.3 Å². The number of rotatable bonds is 3. The van der Waals surface area contributed by atoms with E-state index >= 15 is 0 Å². The summed E-state index contributed by atoms with van der Waals surface area (Å²) in [4.78, 5) is 12.2. The maximum atomic E-state index is 13.1. The third-order valence-electron chi connectivity index (χ3n) is 5.96. The van der Waals surface area contributed by atoms with E-state index in [4.69, 9.17) is 4.74 Å². The van der Waals surface area contributed by atoms with E-state index in [0.29, 0.717) is 17.8 Å². The average Bonchev–Trinajstić information content (AvgIpc) is 2.73. The van der Waals surface area contributed by atoms with E-state index in [1.165, 1.54) is 19.8 Å². The standard InChI is InChI=1S/C15H21F3O2/c1-3-13(2,15(16,17)18)12(19)20-14-6-9-4-10(7-14)11(5-9)8-14/h9-11H,3-8H2,1-2H3. The van der Waals surface area contributed by atoms with Crippen molar-refractivity contribution in [3.63, 3.8) is 0 Å². The Hall–Kier alpha value is -0.740. The van der Waals surface area contributed by atoms with Gasteiger partial charge < -0.3 is 4.74 Å². The molecule has 0 aliphatic heterocycles. The van der Waals surface area contributed by atoms with Gasteiger partial charge in [0.1, 0.15) is 5.60 Å². The van der Waals surface area contributed by atoms with Crippen LogP contribution in [-0.4, -0.2) is 17.7 Å². The molecule has 0 heterocycles. The van der Waals surface area contributed by atoms with E-state index in [9.17, 15) is 18.0 Å². The van der Waals surface area contributed by atoms with Crippen LogP contribution in [0.3, 0.4) is 0 Å². The summed E-state index contributed by atoms with van der Waals surface area (Å²) >= 11 is 0. The molecule has 0 aromatic rings. The van der Waals surface area contributed by atoms with Crippen molar-refractivity contribution in [2.45, 2.75) is 64.1 Å². The van der Waals surface area contributed by atoms with Gasteiger partial charge in [-0.2, -0.15) is 13.2 Å². The van der Waals surface area contributed by atoms with Crippen molar-refractivity contribution in [3.8, 4) is 0 Å². The monoisotopic (exact) mass is 290 g/mol. The van der Waals surface area contributed by atoms with Gasteiger partial charge in [-0.25, -0.2) is 0 Å². The van der Waals surface area contributed by atoms with Crippen LogP contribution in [0, 0.1) is 23.2 Å². The van der Waals surface area contributed by atoms with Crippen LogP contribution in [0.1, 0.15) is 52.4 Å². The van der Waals surface area contributed by atoms with Gasteiger partial charge >= 0.3 is 12.1 Å². The summed E-state index contributed by atoms with van der Waals surface area (Å²) in [5.41, 5.74) is -2.96. The molecule has 5 heteroatoms. The van der Waals surface area contributed by atoms with Gasteiger partial charge in [-0.15, -0.1) is 0 Å². The second kappa shape index (κ2) is 4.14. The van der Waals surface area contributed by atoms with Crippen molar-refractivity contribution in [1.82, 2.24) is 0 Å². The molecule has 4 aliphatic rings. The fourth-order valence-corrected chi connectivity index (χ4v) is 4.63. The van der Waals surface area contributed by atoms with Crippen molar-refractivity contribution >= 4 is 5.97 Å². The van der Waals surface area contributed by atoms with Crippen LogP contribution in [0.2, 0.25) is 0 Å². The average molecular weight is 290 g/mol. The van der Waals surface area contributed by atoms with Crippen LogP contribution < -0.4 is 0 Å². The van der Waals surface area contributed by atoms with Gasteiger partial charge in [0.25, 0.3) is 0 Å². The summed E-state index contributed by atoms with van der Waals surface area (Å²) in [6.45, 7) is 2.35. The lowest BCUT2D eigenvalue weighted by Gasteiger charge is -2.40. The molecule has 4 saturated carbocycles. The van der Waals surface area contributed by atoms with Crippen molar-refractivity contribution in [2.24, 2.45) is 23.2 Å². The third-order valence-corrected chi connectivity index (χ3v) is 5.96. The number of hydrogen-bond donors (Lipinski definition) is 0. The number of carbonyl (C=O) groups is 1. The second-order valence-electron chi connectivity index (χ2n) is 7.23. The van der Waals surface area contributed by atoms with Gasteiger partial charge in [0.2, 0.25) is 0 Å². The maximum Gasteiger partial charge on any atom is 0.404 e. The van der Waals surface area contributed by atoms with Crippen LogP contribution in [-0.2, 0) is 9.53 Å². The normalized spacial score (nSPS) is 41.8. The molecule has 4 bridgehead atoms. The fraction of sp³-hybridized carbons (Fsp3) is 0.933. The Morgan fingerprint density at radius 3 is 2.15 bits per heavy atom. The van der Waals surface area contributed by atoms with Gasteiger partial charge in [0.05, 0.1) is 0 Å². The van der Waals surface area contributed by atoms with Crippen molar-refractivity contribution in [3.05, 3.63) is 0 Å². The van der Waals surface area contributed by atoms with E-state index in [1.54, 1.807) is 0 Å². The molecular weight excluding hydrogens is 269 g/mol. The molecule has 0 radical (unpaired) electrons. The minimum Gasteiger partial charge on any atom is -0.458 e. The fourth-order valence-electron chi connectivity index (χ4n) is 4.63. The summed E-state index contributed by atoms with van der Waals surface area (Å²) < 4.78 is 44.9. The predicted molar refractivity (Wildman–Crippen MR) is 66.8 cm³/mol. The van der Waals surface area contributed by atoms with E-state index < -0.39 is 23.2 Å². The first-order valence-corrected chi connectivity index (χ1v) is 7.49. The Kier molecular flexibility index (Phi) is 2.94.